The first kappa shape index (κ1) is 12.1. The van der Waals surface area contributed by atoms with Gasteiger partial charge >= 0.3 is 0 Å². The number of benzene rings is 4. The average Bonchev–Trinajstić information content (AvgIpc) is 2.65. The summed E-state index contributed by atoms with van der Waals surface area (Å²) in [7, 11) is 0. The summed E-state index contributed by atoms with van der Waals surface area (Å²) in [6.07, 6.45) is 1.77. The maximum Gasteiger partial charge on any atom is 0.178 e. The van der Waals surface area contributed by atoms with E-state index in [4.69, 9.17) is 9.97 Å². The van der Waals surface area contributed by atoms with Crippen molar-refractivity contribution in [3.05, 3.63) is 66.9 Å². The van der Waals surface area contributed by atoms with Gasteiger partial charge in [0.2, 0.25) is 0 Å². The largest absolute Gasteiger partial charge is 0.242 e. The molecule has 0 bridgehead atoms. The molecule has 0 aliphatic carbocycles. The second-order valence-electron chi connectivity index (χ2n) is 6.14. The first-order valence-electron chi connectivity index (χ1n) is 7.98. The van der Waals surface area contributed by atoms with Gasteiger partial charge < -0.3 is 0 Å². The van der Waals surface area contributed by atoms with Crippen LogP contribution in [0.5, 0.6) is 0 Å². The zero-order valence-electron chi connectivity index (χ0n) is 12.7. The minimum Gasteiger partial charge on any atom is -0.242 e. The Balaban J connectivity index is 2.06. The van der Waals surface area contributed by atoms with Crippen molar-refractivity contribution in [1.29, 1.82) is 0 Å². The summed E-state index contributed by atoms with van der Waals surface area (Å²) in [6, 6.07) is 21.0. The second kappa shape index (κ2) is 4.15. The predicted octanol–water partition coefficient (Wildman–Crippen LogP) is 5.08. The van der Waals surface area contributed by atoms with E-state index in [1.165, 1.54) is 21.5 Å². The van der Waals surface area contributed by atoms with Gasteiger partial charge in [-0.15, -0.1) is 0 Å². The van der Waals surface area contributed by atoms with E-state index in [9.17, 15) is 0 Å². The third-order valence-electron chi connectivity index (χ3n) is 4.84. The lowest BCUT2D eigenvalue weighted by atomic mass is 9.93. The molecule has 0 fully saturated rings. The van der Waals surface area contributed by atoms with Crippen LogP contribution in [-0.2, 0) is 0 Å². The molecule has 2 heterocycles. The Labute approximate surface area is 136 Å². The van der Waals surface area contributed by atoms with Crippen LogP contribution in [-0.4, -0.2) is 15.0 Å². The minimum absolute atomic E-state index is 0.694. The predicted molar refractivity (Wildman–Crippen MR) is 98.5 cm³/mol. The number of aromatic nitrogens is 3. The molecule has 6 rings (SSSR count). The van der Waals surface area contributed by atoms with Crippen LogP contribution >= 0.6 is 0 Å². The third-order valence-corrected chi connectivity index (χ3v) is 4.84. The van der Waals surface area contributed by atoms with Crippen molar-refractivity contribution < 1.29 is 0 Å². The molecule has 4 aromatic carbocycles. The average molecular weight is 305 g/mol. The normalized spacial score (nSPS) is 12.2. The molecule has 3 nitrogen and oxygen atoms in total. The highest BCUT2D eigenvalue weighted by atomic mass is 14.9. The van der Waals surface area contributed by atoms with Crippen molar-refractivity contribution >= 4 is 54.5 Å². The molecule has 0 spiro atoms. The van der Waals surface area contributed by atoms with E-state index in [0.29, 0.717) is 5.65 Å². The maximum absolute atomic E-state index is 4.90. The lowest BCUT2D eigenvalue weighted by Gasteiger charge is -2.13. The van der Waals surface area contributed by atoms with Gasteiger partial charge in [-0.25, -0.2) is 15.0 Å². The molecule has 0 aliphatic rings. The molecule has 0 saturated heterocycles. The molecular formula is C21H11N3. The lowest BCUT2D eigenvalue weighted by Crippen LogP contribution is -1.93. The highest BCUT2D eigenvalue weighted by Gasteiger charge is 2.15. The van der Waals surface area contributed by atoms with E-state index in [0.717, 1.165) is 27.3 Å². The van der Waals surface area contributed by atoms with Crippen molar-refractivity contribution in [3.63, 3.8) is 0 Å². The summed E-state index contributed by atoms with van der Waals surface area (Å²) in [4.78, 5) is 14.1. The molecule has 6 aromatic rings. The Kier molecular flexibility index (Phi) is 2.10. The van der Waals surface area contributed by atoms with Gasteiger partial charge in [0, 0.05) is 17.0 Å². The first-order valence-corrected chi connectivity index (χ1v) is 7.98. The quantitative estimate of drug-likeness (QED) is 0.290. The van der Waals surface area contributed by atoms with Gasteiger partial charge in [-0.1, -0.05) is 48.5 Å². The molecule has 0 radical (unpaired) electrons. The molecule has 0 saturated carbocycles. The summed E-state index contributed by atoms with van der Waals surface area (Å²) >= 11 is 0. The SMILES string of the molecule is c1cnc2nc3c4cccc5ccc6cccc(c3nc2c1)c6c54. The Bertz CT molecular complexity index is 1290. The van der Waals surface area contributed by atoms with E-state index in [2.05, 4.69) is 53.5 Å². The number of hydrogen-bond donors (Lipinski definition) is 0. The van der Waals surface area contributed by atoms with Gasteiger partial charge in [0.15, 0.2) is 5.65 Å². The Morgan fingerprint density at radius 1 is 0.583 bits per heavy atom. The summed E-state index contributed by atoms with van der Waals surface area (Å²) in [5.74, 6) is 0. The second-order valence-corrected chi connectivity index (χ2v) is 6.14. The Morgan fingerprint density at radius 3 is 1.96 bits per heavy atom. The zero-order valence-corrected chi connectivity index (χ0v) is 12.7. The van der Waals surface area contributed by atoms with Crippen LogP contribution in [0.4, 0.5) is 0 Å². The van der Waals surface area contributed by atoms with E-state index in [1.807, 2.05) is 12.1 Å². The van der Waals surface area contributed by atoms with Gasteiger partial charge in [0.1, 0.15) is 5.52 Å². The monoisotopic (exact) mass is 305 g/mol. The van der Waals surface area contributed by atoms with Gasteiger partial charge in [0.05, 0.1) is 11.0 Å². The fraction of sp³-hybridized carbons (Fsp3) is 0. The van der Waals surface area contributed by atoms with Crippen LogP contribution in [0.2, 0.25) is 0 Å². The van der Waals surface area contributed by atoms with E-state index < -0.39 is 0 Å². The molecule has 3 heteroatoms. The van der Waals surface area contributed by atoms with Crippen LogP contribution in [0.15, 0.2) is 66.9 Å². The van der Waals surface area contributed by atoms with Crippen molar-refractivity contribution in [2.75, 3.05) is 0 Å². The molecule has 24 heavy (non-hydrogen) atoms. The van der Waals surface area contributed by atoms with Crippen LogP contribution < -0.4 is 0 Å². The first-order chi connectivity index (χ1) is 11.9. The molecule has 110 valence electrons. The maximum atomic E-state index is 4.90. The highest BCUT2D eigenvalue weighted by molar-refractivity contribution is 6.32. The fourth-order valence-electron chi connectivity index (χ4n) is 3.82. The molecule has 0 unspecified atom stereocenters. The lowest BCUT2D eigenvalue weighted by molar-refractivity contribution is 1.29. The van der Waals surface area contributed by atoms with Gasteiger partial charge in [0.25, 0.3) is 0 Å². The summed E-state index contributed by atoms with van der Waals surface area (Å²) < 4.78 is 0. The minimum atomic E-state index is 0.694. The van der Waals surface area contributed by atoms with Crippen LogP contribution in [0.25, 0.3) is 54.5 Å². The summed E-state index contributed by atoms with van der Waals surface area (Å²) in [5.41, 5.74) is 3.41. The Morgan fingerprint density at radius 2 is 1.25 bits per heavy atom. The number of rotatable bonds is 0. The molecular weight excluding hydrogens is 294 g/mol. The summed E-state index contributed by atoms with van der Waals surface area (Å²) in [5, 5.41) is 7.32. The Hall–Kier alpha value is -3.33. The molecule has 0 aliphatic heterocycles. The number of pyridine rings is 1. The molecule has 0 N–H and O–H groups in total. The van der Waals surface area contributed by atoms with E-state index in [1.54, 1.807) is 6.20 Å². The fourth-order valence-corrected chi connectivity index (χ4v) is 3.82. The van der Waals surface area contributed by atoms with E-state index in [-0.39, 0.29) is 0 Å². The number of nitrogens with zero attached hydrogens (tertiary/aromatic N) is 3. The van der Waals surface area contributed by atoms with Crippen molar-refractivity contribution in [3.8, 4) is 0 Å². The molecule has 2 aromatic heterocycles. The molecule has 0 amide bonds. The van der Waals surface area contributed by atoms with E-state index >= 15 is 0 Å². The number of hydrogen-bond acceptors (Lipinski definition) is 3. The van der Waals surface area contributed by atoms with Crippen molar-refractivity contribution in [2.45, 2.75) is 0 Å². The summed E-state index contributed by atoms with van der Waals surface area (Å²) in [6.45, 7) is 0. The third kappa shape index (κ3) is 1.39. The topological polar surface area (TPSA) is 38.7 Å². The standard InChI is InChI=1S/C21H11N3/c1-4-12-9-10-13-5-2-7-15-18(13)17(12)14(6-1)19-20(15)24-21-16(23-19)8-3-11-22-21/h1-11H. The van der Waals surface area contributed by atoms with Crippen LogP contribution in [0.3, 0.4) is 0 Å². The van der Waals surface area contributed by atoms with Crippen molar-refractivity contribution in [1.82, 2.24) is 15.0 Å². The molecule has 0 atom stereocenters. The van der Waals surface area contributed by atoms with Crippen LogP contribution in [0.1, 0.15) is 0 Å². The van der Waals surface area contributed by atoms with Crippen LogP contribution in [0, 0.1) is 0 Å². The zero-order chi connectivity index (χ0) is 15.7. The van der Waals surface area contributed by atoms with Gasteiger partial charge in [-0.05, 0) is 33.7 Å². The smallest absolute Gasteiger partial charge is 0.178 e. The number of fused-ring (bicyclic) bond motifs is 4. The van der Waals surface area contributed by atoms with Crippen molar-refractivity contribution in [2.24, 2.45) is 0 Å². The van der Waals surface area contributed by atoms with Gasteiger partial charge in [-0.2, -0.15) is 0 Å². The van der Waals surface area contributed by atoms with Gasteiger partial charge in [-0.3, -0.25) is 0 Å². The highest BCUT2D eigenvalue weighted by Crippen LogP contribution is 2.39.